The van der Waals surface area contributed by atoms with Gasteiger partial charge < -0.3 is 85.2 Å². The summed E-state index contributed by atoms with van der Waals surface area (Å²) >= 11 is 0. The first-order valence-corrected chi connectivity index (χ1v) is 37.2. The van der Waals surface area contributed by atoms with Crippen LogP contribution in [0.3, 0.4) is 0 Å². The van der Waals surface area contributed by atoms with E-state index in [1.165, 1.54) is 34.9 Å². The number of aromatic carboxylic acids is 5. The molecule has 5 aromatic heterocycles. The topological polar surface area (TPSA) is 407 Å². The highest BCUT2D eigenvalue weighted by Crippen LogP contribution is 2.41. The van der Waals surface area contributed by atoms with Crippen LogP contribution in [0.25, 0.3) is 56.3 Å². The number of benzene rings is 5. The summed E-state index contributed by atoms with van der Waals surface area (Å²) in [5.74, 6) is -7.21. The Morgan fingerprint density at radius 3 is 0.779 bits per heavy atom. The van der Waals surface area contributed by atoms with E-state index in [1.54, 1.807) is 0 Å². The number of hydrogen-bond donors (Lipinski definition) is 12. The number of carboxylic acid groups (broad SMARTS) is 5. The van der Waals surface area contributed by atoms with E-state index in [4.69, 9.17) is 20.4 Å². The molecule has 5 aromatic carbocycles. The fourth-order valence-electron chi connectivity index (χ4n) is 15.1. The van der Waals surface area contributed by atoms with Gasteiger partial charge in [0.1, 0.15) is 28.2 Å². The third-order valence-electron chi connectivity index (χ3n) is 21.1. The largest absolute Gasteiger partial charge is 0.506 e. The van der Waals surface area contributed by atoms with Crippen LogP contribution in [0.4, 0.5) is 28.4 Å². The molecule has 0 radical (unpaired) electrons. The second-order valence-electron chi connectivity index (χ2n) is 29.6. The molecule has 5 heterocycles. The lowest BCUT2D eigenvalue weighted by Gasteiger charge is -2.22. The van der Waals surface area contributed by atoms with Crippen LogP contribution in [0.1, 0.15) is 146 Å². The van der Waals surface area contributed by atoms with Gasteiger partial charge in [0.05, 0.1) is 28.5 Å². The standard InChI is InChI=1S/C18H20N2O4.C18H20N2O3.C17H18N2O4.C17H18N2O3.C16H16N2O3/c1-20(2)11-7-8-12-10(9-11)5-3-4-6-13-15(12)19-17(22)14(16(13)21)18(23)24;1-20(2)13-7-8-14-11(9-13)5-3-4-6-12-10-15(18(22)23)17(21)19-16(12)14;1-19(2)10-6-7-11-9(8-10)4-3-5-12-14(11)18-16(21)13(15(12)20)17(22)23;1-19(2)12-6-7-13-10(8-12)4-3-5-11-9-14(17(21)22)16(20)18-15(11)13;1-18(2)11-5-6-12-9(7-11)3-4-10-8-13(16(20)21)15(19)17-14(10)12/h7-9H,3-6H2,1-2H3,(H,23,24)(H2,19,21,22);7-10H,3-6H2,1-2H3,(H,19,21)(H,22,23);6-8H,3-5H2,1-2H3,(H,22,23)(H2,18,20,21);6-9H,3-5H2,1-2H3,(H,18,20)(H,21,22);5-8H,3-4H2,1-2H3,(H,17,19)(H,20,21). The highest BCUT2D eigenvalue weighted by molar-refractivity contribution is 5.94. The predicted molar refractivity (Wildman–Crippen MR) is 437 cm³/mol. The number of aromatic nitrogens is 5. The Bertz CT molecular complexity index is 5760. The van der Waals surface area contributed by atoms with E-state index in [0.29, 0.717) is 35.4 Å². The second-order valence-corrected chi connectivity index (χ2v) is 29.6. The maximum atomic E-state index is 12.1. The van der Waals surface area contributed by atoms with Gasteiger partial charge in [-0.15, -0.1) is 0 Å². The molecule has 0 fully saturated rings. The molecule has 0 saturated heterocycles. The van der Waals surface area contributed by atoms with Crippen LogP contribution in [0.15, 0.2) is 133 Å². The number of pyridine rings is 5. The fourth-order valence-corrected chi connectivity index (χ4v) is 15.1. The van der Waals surface area contributed by atoms with Gasteiger partial charge in [-0.1, -0.05) is 30.3 Å². The molecular weight excluding hydrogens is 1440 g/mol. The van der Waals surface area contributed by atoms with Gasteiger partial charge in [-0.3, -0.25) is 24.0 Å². The van der Waals surface area contributed by atoms with Crippen molar-refractivity contribution in [3.8, 4) is 67.8 Å². The van der Waals surface area contributed by atoms with E-state index in [0.717, 1.165) is 191 Å². The third-order valence-corrected chi connectivity index (χ3v) is 21.1. The lowest BCUT2D eigenvalue weighted by molar-refractivity contribution is 0.0680. The third kappa shape index (κ3) is 17.4. The number of nitrogens with one attached hydrogen (secondary N) is 5. The van der Waals surface area contributed by atoms with E-state index in [2.05, 4.69) is 60.2 Å². The first-order valence-electron chi connectivity index (χ1n) is 37.2. The van der Waals surface area contributed by atoms with Gasteiger partial charge in [0.2, 0.25) is 0 Å². The summed E-state index contributed by atoms with van der Waals surface area (Å²) in [6.45, 7) is 0. The number of rotatable bonds is 10. The van der Waals surface area contributed by atoms with E-state index in [-0.39, 0.29) is 16.7 Å². The van der Waals surface area contributed by atoms with Crippen molar-refractivity contribution in [3.05, 3.63) is 244 Å². The van der Waals surface area contributed by atoms with Crippen LogP contribution in [0.2, 0.25) is 0 Å². The number of carbonyl (C=O) groups is 5. The highest BCUT2D eigenvalue weighted by Gasteiger charge is 2.29. The Balaban J connectivity index is 0.000000140. The number of hydrogen-bond acceptors (Lipinski definition) is 17. The maximum absolute atomic E-state index is 12.1. The zero-order valence-electron chi connectivity index (χ0n) is 64.7. The lowest BCUT2D eigenvalue weighted by Crippen LogP contribution is -2.21. The summed E-state index contributed by atoms with van der Waals surface area (Å²) in [7, 11) is 19.8. The Labute approximate surface area is 649 Å². The maximum Gasteiger partial charge on any atom is 0.345 e. The van der Waals surface area contributed by atoms with E-state index in [9.17, 15) is 63.3 Å². The first-order chi connectivity index (χ1) is 53.7. The van der Waals surface area contributed by atoms with Crippen LogP contribution in [0.5, 0.6) is 11.5 Å². The monoisotopic (exact) mass is 1540 g/mol. The quantitative estimate of drug-likeness (QED) is 0.0605. The van der Waals surface area contributed by atoms with Crippen LogP contribution in [0, 0.1) is 0 Å². The van der Waals surface area contributed by atoms with Crippen LogP contribution in [-0.2, 0) is 64.2 Å². The van der Waals surface area contributed by atoms with Crippen LogP contribution >= 0.6 is 0 Å². The van der Waals surface area contributed by atoms with Crippen LogP contribution < -0.4 is 52.3 Å². The molecule has 27 nitrogen and oxygen atoms in total. The van der Waals surface area contributed by atoms with Gasteiger partial charge in [-0.05, 0) is 226 Å². The molecular formula is C86H92N10O17. The average molecular weight is 1540 g/mol. The van der Waals surface area contributed by atoms with Gasteiger partial charge in [0.25, 0.3) is 27.8 Å². The molecule has 0 spiro atoms. The molecule has 588 valence electrons. The van der Waals surface area contributed by atoms with Crippen molar-refractivity contribution in [3.63, 3.8) is 0 Å². The molecule has 0 unspecified atom stereocenters. The summed E-state index contributed by atoms with van der Waals surface area (Å²) in [6, 6.07) is 34.8. The molecule has 0 saturated carbocycles. The first kappa shape index (κ1) is 80.8. The summed E-state index contributed by atoms with van der Waals surface area (Å²) in [5.41, 5.74) is 17.9. The molecule has 10 aromatic rings. The van der Waals surface area contributed by atoms with E-state index >= 15 is 0 Å². The van der Waals surface area contributed by atoms with Crippen molar-refractivity contribution in [2.24, 2.45) is 0 Å². The minimum absolute atomic E-state index is 0.184. The Morgan fingerprint density at radius 1 is 0.265 bits per heavy atom. The average Bonchev–Trinajstić information content (AvgIpc) is 1.52. The lowest BCUT2D eigenvalue weighted by atomic mass is 9.88. The normalized spacial score (nSPS) is 13.1. The SMILES string of the molecule is CN(C)c1ccc2c(c1)CCCCc1c-2[nH]c(=O)c(C(=O)O)c1O.CN(C)c1ccc2c(c1)CCCCc1cc(C(=O)O)c(=O)[nH]c1-2.CN(C)c1ccc2c(c1)CCCc1c-2[nH]c(=O)c(C(=O)O)c1O.CN(C)c1ccc2c(c1)CCCc1cc(C(=O)O)c(=O)[nH]c1-2.CN(C)c1ccc2c(c1)CCc1cc(C(=O)O)c(=O)[nH]c1-2. The van der Waals surface area contributed by atoms with Crippen molar-refractivity contribution in [1.29, 1.82) is 0 Å². The number of aryl methyl sites for hydroxylation is 8. The molecule has 113 heavy (non-hydrogen) atoms. The Kier molecular flexibility index (Phi) is 24.3. The summed E-state index contributed by atoms with van der Waals surface area (Å²) in [4.78, 5) is 140. The minimum atomic E-state index is -1.42. The van der Waals surface area contributed by atoms with E-state index in [1.807, 2.05) is 151 Å². The number of aromatic hydroxyl groups is 2. The zero-order valence-corrected chi connectivity index (χ0v) is 64.7. The zero-order chi connectivity index (χ0) is 81.7. The van der Waals surface area contributed by atoms with Crippen molar-refractivity contribution >= 4 is 58.3 Å². The summed E-state index contributed by atoms with van der Waals surface area (Å²) in [6.07, 6.45) is 13.2. The Morgan fingerprint density at radius 2 is 0.487 bits per heavy atom. The van der Waals surface area contributed by atoms with Crippen molar-refractivity contribution < 1.29 is 59.7 Å². The smallest absolute Gasteiger partial charge is 0.345 e. The number of nitrogens with zero attached hydrogens (tertiary/aromatic N) is 5. The minimum Gasteiger partial charge on any atom is -0.506 e. The van der Waals surface area contributed by atoms with E-state index < -0.39 is 80.3 Å². The number of H-pyrrole nitrogens is 5. The number of carboxylic acids is 5. The summed E-state index contributed by atoms with van der Waals surface area (Å²) in [5, 5.41) is 66.2. The van der Waals surface area contributed by atoms with Crippen molar-refractivity contribution in [2.75, 3.05) is 95.0 Å². The molecule has 0 amide bonds. The van der Waals surface area contributed by atoms with Crippen LogP contribution in [-0.4, -0.2) is 161 Å². The molecule has 5 aliphatic carbocycles. The molecule has 0 aliphatic heterocycles. The highest BCUT2D eigenvalue weighted by atomic mass is 16.4. The molecule has 12 N–H and O–H groups in total. The van der Waals surface area contributed by atoms with Gasteiger partial charge >= 0.3 is 29.8 Å². The molecule has 0 atom stereocenters. The number of aromatic amines is 5. The summed E-state index contributed by atoms with van der Waals surface area (Å²) < 4.78 is 0. The number of anilines is 5. The molecule has 0 bridgehead atoms. The van der Waals surface area contributed by atoms with Crippen molar-refractivity contribution in [2.45, 2.75) is 103 Å². The second kappa shape index (κ2) is 34.0. The van der Waals surface area contributed by atoms with Gasteiger partial charge in [-0.2, -0.15) is 0 Å². The molecule has 27 heteroatoms. The van der Waals surface area contributed by atoms with Crippen molar-refractivity contribution in [1.82, 2.24) is 24.9 Å². The molecule has 15 rings (SSSR count). The fraction of sp³-hybridized carbons (Fsp3) is 0.302. The Hall–Kier alpha value is -13.2. The van der Waals surface area contributed by atoms with Gasteiger partial charge in [-0.25, -0.2) is 24.0 Å². The predicted octanol–water partition coefficient (Wildman–Crippen LogP) is 11.3. The van der Waals surface area contributed by atoms with Gasteiger partial charge in [0, 0.05) is 138 Å². The van der Waals surface area contributed by atoms with Gasteiger partial charge in [0.15, 0.2) is 11.1 Å². The molecule has 5 aliphatic rings. The number of fused-ring (bicyclic) bond motifs is 15.